The van der Waals surface area contributed by atoms with Crippen LogP contribution in [0, 0.1) is 13.8 Å². The minimum atomic E-state index is -0.355. The van der Waals surface area contributed by atoms with E-state index in [-0.39, 0.29) is 17.6 Å². The molecule has 0 unspecified atom stereocenters. The van der Waals surface area contributed by atoms with Gasteiger partial charge in [-0.05, 0) is 61.4 Å². The van der Waals surface area contributed by atoms with Gasteiger partial charge < -0.3 is 15.1 Å². The maximum atomic E-state index is 12.5. The average Bonchev–Trinajstić information content (AvgIpc) is 3.20. The maximum absolute atomic E-state index is 12.5. The van der Waals surface area contributed by atoms with Crippen molar-refractivity contribution in [3.8, 4) is 0 Å². The fourth-order valence-corrected chi connectivity index (χ4v) is 3.49. The number of benzene rings is 1. The van der Waals surface area contributed by atoms with E-state index in [1.165, 1.54) is 17.6 Å². The SMILES string of the molecule is Cc1cc(Cl)ccc1NC(=O)c1sc(NC(=O)c2ccco2)cc1C. The summed E-state index contributed by atoms with van der Waals surface area (Å²) in [6, 6.07) is 10.2. The number of carbonyl (C=O) groups excluding carboxylic acids is 2. The molecule has 0 aliphatic heterocycles. The third kappa shape index (κ3) is 3.92. The third-order valence-electron chi connectivity index (χ3n) is 3.54. The molecular formula is C18H15ClN2O3S. The topological polar surface area (TPSA) is 71.3 Å². The minimum absolute atomic E-state index is 0.217. The Morgan fingerprint density at radius 3 is 2.52 bits per heavy atom. The van der Waals surface area contributed by atoms with Crippen molar-refractivity contribution in [3.05, 3.63) is 69.4 Å². The van der Waals surface area contributed by atoms with E-state index in [4.69, 9.17) is 16.0 Å². The van der Waals surface area contributed by atoms with Gasteiger partial charge in [0.25, 0.3) is 11.8 Å². The second-order valence-corrected chi connectivity index (χ2v) is 6.96. The Labute approximate surface area is 153 Å². The number of hydrogen-bond donors (Lipinski definition) is 2. The average molecular weight is 375 g/mol. The summed E-state index contributed by atoms with van der Waals surface area (Å²) in [6.07, 6.45) is 1.43. The van der Waals surface area contributed by atoms with Crippen LogP contribution in [-0.2, 0) is 0 Å². The lowest BCUT2D eigenvalue weighted by atomic mass is 10.2. The van der Waals surface area contributed by atoms with Crippen molar-refractivity contribution in [2.75, 3.05) is 10.6 Å². The first-order valence-electron chi connectivity index (χ1n) is 7.47. The van der Waals surface area contributed by atoms with Crippen LogP contribution in [0.1, 0.15) is 31.4 Å². The van der Waals surface area contributed by atoms with Crippen molar-refractivity contribution in [1.29, 1.82) is 0 Å². The number of aryl methyl sites for hydroxylation is 2. The fourth-order valence-electron chi connectivity index (χ4n) is 2.30. The number of anilines is 2. The first kappa shape index (κ1) is 17.3. The van der Waals surface area contributed by atoms with Crippen LogP contribution in [0.5, 0.6) is 0 Å². The molecule has 0 spiro atoms. The highest BCUT2D eigenvalue weighted by Crippen LogP contribution is 2.29. The summed E-state index contributed by atoms with van der Waals surface area (Å²) in [5, 5.41) is 6.80. The van der Waals surface area contributed by atoms with Crippen molar-refractivity contribution >= 4 is 45.4 Å². The standard InChI is InChI=1S/C18H15ClN2O3S/c1-10-8-12(19)5-6-13(10)20-18(23)16-11(2)9-15(25-16)21-17(22)14-4-3-7-24-14/h3-9H,1-2H3,(H,20,23)(H,21,22). The van der Waals surface area contributed by atoms with Gasteiger partial charge in [0.1, 0.15) is 0 Å². The number of hydrogen-bond acceptors (Lipinski definition) is 4. The van der Waals surface area contributed by atoms with Gasteiger partial charge in [0.15, 0.2) is 5.76 Å². The van der Waals surface area contributed by atoms with Crippen LogP contribution < -0.4 is 10.6 Å². The molecule has 128 valence electrons. The van der Waals surface area contributed by atoms with Gasteiger partial charge in [-0.1, -0.05) is 11.6 Å². The predicted molar refractivity (Wildman–Crippen MR) is 99.9 cm³/mol. The van der Waals surface area contributed by atoms with Gasteiger partial charge in [-0.2, -0.15) is 0 Å². The van der Waals surface area contributed by atoms with Gasteiger partial charge in [-0.25, -0.2) is 0 Å². The van der Waals surface area contributed by atoms with Gasteiger partial charge in [0, 0.05) is 10.7 Å². The van der Waals surface area contributed by atoms with Crippen LogP contribution >= 0.6 is 22.9 Å². The van der Waals surface area contributed by atoms with Crippen molar-refractivity contribution in [1.82, 2.24) is 0 Å². The van der Waals surface area contributed by atoms with Crippen LogP contribution in [0.15, 0.2) is 47.1 Å². The summed E-state index contributed by atoms with van der Waals surface area (Å²) >= 11 is 7.14. The molecule has 1 aromatic carbocycles. The van der Waals surface area contributed by atoms with Gasteiger partial charge >= 0.3 is 0 Å². The zero-order chi connectivity index (χ0) is 18.0. The molecule has 5 nitrogen and oxygen atoms in total. The fraction of sp³-hybridized carbons (Fsp3) is 0.111. The molecule has 2 aromatic heterocycles. The predicted octanol–water partition coefficient (Wildman–Crippen LogP) is 5.12. The molecule has 0 bridgehead atoms. The Balaban J connectivity index is 1.75. The van der Waals surface area contributed by atoms with E-state index in [1.54, 1.807) is 36.4 Å². The van der Waals surface area contributed by atoms with Crippen LogP contribution in [0.2, 0.25) is 5.02 Å². The summed E-state index contributed by atoms with van der Waals surface area (Å²) in [4.78, 5) is 25.1. The number of furan rings is 1. The highest BCUT2D eigenvalue weighted by Gasteiger charge is 2.17. The van der Waals surface area contributed by atoms with E-state index in [1.807, 2.05) is 13.8 Å². The molecule has 0 fully saturated rings. The second-order valence-electron chi connectivity index (χ2n) is 5.47. The van der Waals surface area contributed by atoms with Gasteiger partial charge in [-0.3, -0.25) is 9.59 Å². The Hall–Kier alpha value is -2.57. The van der Waals surface area contributed by atoms with Crippen LogP contribution in [-0.4, -0.2) is 11.8 Å². The number of halogens is 1. The van der Waals surface area contributed by atoms with Crippen molar-refractivity contribution in [3.63, 3.8) is 0 Å². The molecule has 3 aromatic rings. The van der Waals surface area contributed by atoms with Crippen LogP contribution in [0.4, 0.5) is 10.7 Å². The molecule has 7 heteroatoms. The number of amides is 2. The molecule has 0 saturated heterocycles. The number of thiophene rings is 1. The Morgan fingerprint density at radius 1 is 1.04 bits per heavy atom. The normalized spacial score (nSPS) is 10.5. The van der Waals surface area contributed by atoms with Crippen molar-refractivity contribution in [2.24, 2.45) is 0 Å². The molecule has 2 amide bonds. The molecule has 0 saturated carbocycles. The number of nitrogens with one attached hydrogen (secondary N) is 2. The smallest absolute Gasteiger partial charge is 0.291 e. The lowest BCUT2D eigenvalue weighted by molar-refractivity contribution is 0.0995. The molecule has 0 aliphatic carbocycles. The molecule has 25 heavy (non-hydrogen) atoms. The lowest BCUT2D eigenvalue weighted by Gasteiger charge is -2.08. The lowest BCUT2D eigenvalue weighted by Crippen LogP contribution is -2.12. The van der Waals surface area contributed by atoms with E-state index in [0.717, 1.165) is 11.1 Å². The summed E-state index contributed by atoms with van der Waals surface area (Å²) in [5.41, 5.74) is 2.36. The van der Waals surface area contributed by atoms with E-state index in [2.05, 4.69) is 10.6 Å². The number of carbonyl (C=O) groups is 2. The molecule has 0 radical (unpaired) electrons. The first-order chi connectivity index (χ1) is 11.9. The van der Waals surface area contributed by atoms with Crippen LogP contribution in [0.25, 0.3) is 0 Å². The molecule has 3 rings (SSSR count). The molecule has 0 atom stereocenters. The first-order valence-corrected chi connectivity index (χ1v) is 8.66. The maximum Gasteiger partial charge on any atom is 0.291 e. The monoisotopic (exact) mass is 374 g/mol. The van der Waals surface area contributed by atoms with Gasteiger partial charge in [0.2, 0.25) is 0 Å². The Morgan fingerprint density at radius 2 is 1.84 bits per heavy atom. The van der Waals surface area contributed by atoms with Gasteiger partial charge in [0.05, 0.1) is 16.1 Å². The van der Waals surface area contributed by atoms with E-state index in [0.29, 0.717) is 20.6 Å². The number of rotatable bonds is 4. The van der Waals surface area contributed by atoms with E-state index >= 15 is 0 Å². The van der Waals surface area contributed by atoms with E-state index in [9.17, 15) is 9.59 Å². The zero-order valence-electron chi connectivity index (χ0n) is 13.6. The zero-order valence-corrected chi connectivity index (χ0v) is 15.1. The minimum Gasteiger partial charge on any atom is -0.459 e. The molecular weight excluding hydrogens is 360 g/mol. The van der Waals surface area contributed by atoms with Crippen molar-refractivity contribution in [2.45, 2.75) is 13.8 Å². The molecule has 0 aliphatic rings. The Bertz CT molecular complexity index is 932. The quantitative estimate of drug-likeness (QED) is 0.666. The van der Waals surface area contributed by atoms with Gasteiger partial charge in [-0.15, -0.1) is 11.3 Å². The van der Waals surface area contributed by atoms with Crippen molar-refractivity contribution < 1.29 is 14.0 Å². The third-order valence-corrected chi connectivity index (χ3v) is 4.93. The second kappa shape index (κ2) is 7.13. The van der Waals surface area contributed by atoms with E-state index < -0.39 is 0 Å². The highest BCUT2D eigenvalue weighted by atomic mass is 35.5. The summed E-state index contributed by atoms with van der Waals surface area (Å²) < 4.78 is 5.06. The van der Waals surface area contributed by atoms with Crippen LogP contribution in [0.3, 0.4) is 0 Å². The summed E-state index contributed by atoms with van der Waals surface area (Å²) in [7, 11) is 0. The summed E-state index contributed by atoms with van der Waals surface area (Å²) in [5.74, 6) is -0.369. The largest absolute Gasteiger partial charge is 0.459 e. The summed E-state index contributed by atoms with van der Waals surface area (Å²) in [6.45, 7) is 3.69. The molecule has 2 N–H and O–H groups in total. The highest BCUT2D eigenvalue weighted by molar-refractivity contribution is 7.18. The Kier molecular flexibility index (Phi) is 4.92. The molecule has 2 heterocycles.